The fraction of sp³-hybridized carbons (Fsp3) is 0.841. The maximum atomic E-state index is 12.5. The summed E-state index contributed by atoms with van der Waals surface area (Å²) in [4.78, 5) is 12.5. The van der Waals surface area contributed by atoms with Crippen molar-refractivity contribution in [3.63, 3.8) is 0 Å². The first-order valence-corrected chi connectivity index (χ1v) is 21.3. The molecule has 0 aliphatic rings. The van der Waals surface area contributed by atoms with Crippen molar-refractivity contribution in [2.75, 3.05) is 6.61 Å². The van der Waals surface area contributed by atoms with Crippen LogP contribution in [0.4, 0.5) is 0 Å². The predicted molar refractivity (Wildman–Crippen MR) is 214 cm³/mol. The molecular weight excluding hydrogens is 622 g/mol. The van der Waals surface area contributed by atoms with Crippen molar-refractivity contribution < 1.29 is 25.2 Å². The van der Waals surface area contributed by atoms with E-state index in [1.54, 1.807) is 0 Å². The van der Waals surface area contributed by atoms with Gasteiger partial charge in [-0.3, -0.25) is 4.79 Å². The summed E-state index contributed by atoms with van der Waals surface area (Å²) >= 11 is 0. The van der Waals surface area contributed by atoms with Crippen molar-refractivity contribution in [3.8, 4) is 0 Å². The van der Waals surface area contributed by atoms with E-state index in [1.165, 1.54) is 122 Å². The topological polar surface area (TPSA) is 110 Å². The normalized spacial score (nSPS) is 14.6. The molecule has 0 spiro atoms. The SMILES string of the molecule is C/C=C/CC/C=C/CC/C=C/CCCC(O)C(O)C(CO)NC(=O)C(O)CCCCCCCCCCCCCCCCCCCCCCCC. The minimum atomic E-state index is -1.29. The van der Waals surface area contributed by atoms with Gasteiger partial charge in [0.2, 0.25) is 5.91 Å². The molecule has 0 radical (unpaired) electrons. The number of allylic oxidation sites excluding steroid dienone is 6. The standard InChI is InChI=1S/C44H83NO5/c1-3-5-7-9-11-13-15-17-18-19-20-21-22-23-24-25-26-28-30-32-34-36-38-42(48)44(50)45-40(39-46)43(49)41(47)37-35-33-31-29-27-16-14-12-10-8-6-4-2/h4,6,12,14,29,31,40-43,46-49H,3,5,7-11,13,15-28,30,32-39H2,1-2H3,(H,45,50)/b6-4+,14-12+,31-29+. The van der Waals surface area contributed by atoms with Gasteiger partial charge in [-0.15, -0.1) is 0 Å². The van der Waals surface area contributed by atoms with E-state index >= 15 is 0 Å². The highest BCUT2D eigenvalue weighted by Gasteiger charge is 2.28. The van der Waals surface area contributed by atoms with Crippen LogP contribution in [0.3, 0.4) is 0 Å². The van der Waals surface area contributed by atoms with Gasteiger partial charge in [-0.05, 0) is 58.3 Å². The van der Waals surface area contributed by atoms with E-state index in [1.807, 2.05) is 6.92 Å². The highest BCUT2D eigenvalue weighted by molar-refractivity contribution is 5.80. The summed E-state index contributed by atoms with van der Waals surface area (Å²) in [7, 11) is 0. The number of hydrogen-bond acceptors (Lipinski definition) is 5. The fourth-order valence-corrected chi connectivity index (χ4v) is 6.50. The molecule has 4 unspecified atom stereocenters. The first kappa shape index (κ1) is 48.5. The van der Waals surface area contributed by atoms with Gasteiger partial charge in [-0.25, -0.2) is 0 Å². The molecule has 0 aliphatic heterocycles. The molecule has 5 N–H and O–H groups in total. The molecule has 0 heterocycles. The Hall–Kier alpha value is -1.47. The molecule has 0 aromatic heterocycles. The molecule has 1 amide bonds. The Morgan fingerprint density at radius 3 is 1.30 bits per heavy atom. The largest absolute Gasteiger partial charge is 0.394 e. The fourth-order valence-electron chi connectivity index (χ4n) is 6.50. The molecule has 0 bridgehead atoms. The van der Waals surface area contributed by atoms with E-state index in [0.717, 1.165) is 51.4 Å². The second-order valence-electron chi connectivity index (χ2n) is 14.7. The van der Waals surface area contributed by atoms with Crippen LogP contribution in [0.2, 0.25) is 0 Å². The zero-order chi connectivity index (χ0) is 36.8. The van der Waals surface area contributed by atoms with Crippen LogP contribution >= 0.6 is 0 Å². The van der Waals surface area contributed by atoms with Crippen molar-refractivity contribution >= 4 is 5.91 Å². The maximum absolute atomic E-state index is 12.5. The minimum Gasteiger partial charge on any atom is -0.394 e. The zero-order valence-electron chi connectivity index (χ0n) is 32.9. The van der Waals surface area contributed by atoms with Gasteiger partial charge in [0.1, 0.15) is 12.2 Å². The van der Waals surface area contributed by atoms with Crippen molar-refractivity contribution in [2.45, 2.75) is 231 Å². The molecule has 6 heteroatoms. The number of hydrogen-bond donors (Lipinski definition) is 5. The lowest BCUT2D eigenvalue weighted by Crippen LogP contribution is -2.53. The van der Waals surface area contributed by atoms with Crippen molar-refractivity contribution in [3.05, 3.63) is 36.5 Å². The summed E-state index contributed by atoms with van der Waals surface area (Å²) in [6, 6.07) is -1.01. The van der Waals surface area contributed by atoms with Gasteiger partial charge in [-0.1, -0.05) is 185 Å². The van der Waals surface area contributed by atoms with Crippen LogP contribution < -0.4 is 5.32 Å². The average molecular weight is 706 g/mol. The Balaban J connectivity index is 3.72. The second kappa shape index (κ2) is 38.8. The predicted octanol–water partition coefficient (Wildman–Crippen LogP) is 11.0. The Morgan fingerprint density at radius 1 is 0.520 bits per heavy atom. The average Bonchev–Trinajstić information content (AvgIpc) is 3.12. The molecule has 4 atom stereocenters. The number of carbonyl (C=O) groups is 1. The lowest BCUT2D eigenvalue weighted by Gasteiger charge is -2.27. The molecule has 0 saturated carbocycles. The molecule has 0 fully saturated rings. The molecular formula is C44H83NO5. The number of rotatable bonds is 38. The molecule has 294 valence electrons. The first-order valence-electron chi connectivity index (χ1n) is 21.3. The van der Waals surface area contributed by atoms with E-state index in [2.05, 4.69) is 48.7 Å². The van der Waals surface area contributed by atoms with Crippen LogP contribution in [0.1, 0.15) is 206 Å². The summed E-state index contributed by atoms with van der Waals surface area (Å²) in [5, 5.41) is 43.5. The van der Waals surface area contributed by atoms with Gasteiger partial charge in [0.05, 0.1) is 18.8 Å². The van der Waals surface area contributed by atoms with E-state index in [0.29, 0.717) is 19.3 Å². The van der Waals surface area contributed by atoms with Gasteiger partial charge in [-0.2, -0.15) is 0 Å². The van der Waals surface area contributed by atoms with Crippen LogP contribution in [0.15, 0.2) is 36.5 Å². The monoisotopic (exact) mass is 706 g/mol. The molecule has 0 aromatic rings. The van der Waals surface area contributed by atoms with Crippen LogP contribution in [0, 0.1) is 0 Å². The van der Waals surface area contributed by atoms with Gasteiger partial charge in [0, 0.05) is 0 Å². The summed E-state index contributed by atoms with van der Waals surface area (Å²) in [6.07, 6.45) is 44.8. The van der Waals surface area contributed by atoms with Crippen molar-refractivity contribution in [1.29, 1.82) is 0 Å². The highest BCUT2D eigenvalue weighted by Crippen LogP contribution is 2.16. The summed E-state index contributed by atoms with van der Waals surface area (Å²) in [6.45, 7) is 3.82. The number of unbranched alkanes of at least 4 members (excludes halogenated alkanes) is 24. The van der Waals surface area contributed by atoms with Gasteiger partial charge >= 0.3 is 0 Å². The Morgan fingerprint density at radius 2 is 0.900 bits per heavy atom. The molecule has 50 heavy (non-hydrogen) atoms. The number of carbonyl (C=O) groups excluding carboxylic acids is 1. The molecule has 6 nitrogen and oxygen atoms in total. The van der Waals surface area contributed by atoms with Crippen molar-refractivity contribution in [2.24, 2.45) is 0 Å². The smallest absolute Gasteiger partial charge is 0.249 e. The van der Waals surface area contributed by atoms with E-state index in [9.17, 15) is 25.2 Å². The number of aliphatic hydroxyl groups excluding tert-OH is 4. The lowest BCUT2D eigenvalue weighted by molar-refractivity contribution is -0.132. The summed E-state index contributed by atoms with van der Waals surface area (Å²) in [5.41, 5.74) is 0. The number of nitrogens with one attached hydrogen (secondary N) is 1. The third-order valence-corrected chi connectivity index (χ3v) is 9.90. The zero-order valence-corrected chi connectivity index (χ0v) is 32.9. The molecule has 0 rings (SSSR count). The third-order valence-electron chi connectivity index (χ3n) is 9.90. The van der Waals surface area contributed by atoms with Gasteiger partial charge < -0.3 is 25.7 Å². The summed E-state index contributed by atoms with van der Waals surface area (Å²) in [5.74, 6) is -0.599. The number of aliphatic hydroxyl groups is 4. The second-order valence-corrected chi connectivity index (χ2v) is 14.7. The Kier molecular flexibility index (Phi) is 37.6. The van der Waals surface area contributed by atoms with E-state index in [-0.39, 0.29) is 0 Å². The lowest BCUT2D eigenvalue weighted by atomic mass is 10.00. The minimum absolute atomic E-state index is 0.361. The molecule has 0 saturated heterocycles. The Labute approximate surface area is 309 Å². The Bertz CT molecular complexity index is 797. The van der Waals surface area contributed by atoms with Crippen LogP contribution in [-0.4, -0.2) is 57.3 Å². The molecule has 0 aliphatic carbocycles. The van der Waals surface area contributed by atoms with Gasteiger partial charge in [0.25, 0.3) is 0 Å². The highest BCUT2D eigenvalue weighted by atomic mass is 16.3. The van der Waals surface area contributed by atoms with Crippen molar-refractivity contribution in [1.82, 2.24) is 5.32 Å². The van der Waals surface area contributed by atoms with E-state index < -0.39 is 36.9 Å². The number of amides is 1. The quantitative estimate of drug-likeness (QED) is 0.0324. The third kappa shape index (κ3) is 32.4. The van der Waals surface area contributed by atoms with Gasteiger partial charge in [0.15, 0.2) is 0 Å². The summed E-state index contributed by atoms with van der Waals surface area (Å²) < 4.78 is 0. The van der Waals surface area contributed by atoms with Crippen LogP contribution in [-0.2, 0) is 4.79 Å². The van der Waals surface area contributed by atoms with E-state index in [4.69, 9.17) is 0 Å². The van der Waals surface area contributed by atoms with Crippen LogP contribution in [0.5, 0.6) is 0 Å². The molecule has 0 aromatic carbocycles. The van der Waals surface area contributed by atoms with Crippen LogP contribution in [0.25, 0.3) is 0 Å². The first-order chi connectivity index (χ1) is 24.5. The maximum Gasteiger partial charge on any atom is 0.249 e.